The summed E-state index contributed by atoms with van der Waals surface area (Å²) in [6.45, 7) is 5.57. The number of thiophene rings is 2. The molecule has 0 bridgehead atoms. The Morgan fingerprint density at radius 2 is 1.73 bits per heavy atom. The van der Waals surface area contributed by atoms with E-state index in [1.54, 1.807) is 28.7 Å². The number of rotatable bonds is 7. The number of nitrogens with one attached hydrogen (secondary N) is 1. The Balaban J connectivity index is 1.24. The minimum absolute atomic E-state index is 0.277. The first-order valence-corrected chi connectivity index (χ1v) is 15.1. The van der Waals surface area contributed by atoms with E-state index in [1.807, 2.05) is 57.2 Å². The number of nitrogens with zero attached hydrogens (tertiary/aromatic N) is 1. The Bertz CT molecular complexity index is 1740. The number of ether oxygens (including phenoxy) is 1. The molecular formula is C30H25FN2O4S3. The summed E-state index contributed by atoms with van der Waals surface area (Å²) in [5.74, 6) is -1.43. The molecule has 204 valence electrons. The van der Waals surface area contributed by atoms with Gasteiger partial charge in [0.15, 0.2) is 0 Å². The normalized spacial score (nSPS) is 14.7. The summed E-state index contributed by atoms with van der Waals surface area (Å²) in [6.07, 6.45) is -0.0119. The number of hydrogen-bond donors (Lipinski definition) is 2. The zero-order valence-electron chi connectivity index (χ0n) is 21.9. The lowest BCUT2D eigenvalue weighted by atomic mass is 9.91. The van der Waals surface area contributed by atoms with Crippen molar-refractivity contribution < 1.29 is 23.8 Å². The van der Waals surface area contributed by atoms with E-state index < -0.39 is 29.4 Å². The van der Waals surface area contributed by atoms with Crippen LogP contribution in [-0.4, -0.2) is 21.5 Å². The average Bonchev–Trinajstić information content (AvgIpc) is 3.34. The number of anilines is 1. The van der Waals surface area contributed by atoms with Crippen LogP contribution in [0, 0.1) is 19.7 Å². The third-order valence-corrected chi connectivity index (χ3v) is 10.8. The molecule has 1 fully saturated rings. The van der Waals surface area contributed by atoms with Crippen molar-refractivity contribution in [3.8, 4) is 20.2 Å². The van der Waals surface area contributed by atoms with Crippen molar-refractivity contribution in [2.75, 3.05) is 5.32 Å². The molecule has 1 atom stereocenters. The second-order valence-electron chi connectivity index (χ2n) is 10.0. The Hall–Kier alpha value is -3.60. The van der Waals surface area contributed by atoms with Gasteiger partial charge in [0.25, 0.3) is 0 Å². The van der Waals surface area contributed by atoms with Gasteiger partial charge in [0, 0.05) is 19.8 Å². The summed E-state index contributed by atoms with van der Waals surface area (Å²) >= 11 is 4.46. The molecule has 0 radical (unpaired) electrons. The van der Waals surface area contributed by atoms with Gasteiger partial charge < -0.3 is 9.84 Å². The van der Waals surface area contributed by atoms with E-state index in [-0.39, 0.29) is 5.56 Å². The Morgan fingerprint density at radius 1 is 1.05 bits per heavy atom. The molecule has 40 heavy (non-hydrogen) atoms. The van der Waals surface area contributed by atoms with Crippen molar-refractivity contribution in [3.05, 3.63) is 82.8 Å². The minimum atomic E-state index is -1.08. The highest BCUT2D eigenvalue weighted by molar-refractivity contribution is 7.32. The van der Waals surface area contributed by atoms with Gasteiger partial charge in [-0.25, -0.2) is 9.18 Å². The number of aliphatic carboxylic acids is 1. The molecule has 2 aromatic carbocycles. The maximum Gasteiger partial charge on any atom is 0.412 e. The van der Waals surface area contributed by atoms with Crippen LogP contribution in [-0.2, 0) is 14.9 Å². The van der Waals surface area contributed by atoms with E-state index in [1.165, 1.54) is 17.6 Å². The second-order valence-corrected chi connectivity index (χ2v) is 13.0. The van der Waals surface area contributed by atoms with Gasteiger partial charge in [-0.2, -0.15) is 4.37 Å². The van der Waals surface area contributed by atoms with E-state index in [0.717, 1.165) is 40.7 Å². The maximum absolute atomic E-state index is 15.1. The molecule has 3 aromatic heterocycles. The summed E-state index contributed by atoms with van der Waals surface area (Å²) in [7, 11) is 0. The van der Waals surface area contributed by atoms with Crippen LogP contribution in [0.25, 0.3) is 29.6 Å². The predicted octanol–water partition coefficient (Wildman–Crippen LogP) is 8.94. The first-order chi connectivity index (χ1) is 19.2. The second kappa shape index (κ2) is 10.1. The number of halogens is 1. The standard InChI is InChI=1S/C30H25FN2O4S3/c1-15-11-20(30(9-10-30)28(34)35)21(31)12-19(15)22-13-23-24(38-22)14-25(39-23)27-26(16(2)33-40-27)32-29(36)37-17(3)18-7-5-4-6-8-18/h4-8,11-14,17H,9-10H2,1-3H3,(H,32,36)(H,34,35)/t17-/m1/s1. The molecule has 5 aromatic rings. The smallest absolute Gasteiger partial charge is 0.412 e. The van der Waals surface area contributed by atoms with Crippen LogP contribution in [0.5, 0.6) is 0 Å². The number of carbonyl (C=O) groups is 2. The molecule has 6 rings (SSSR count). The molecule has 1 aliphatic carbocycles. The molecule has 10 heteroatoms. The molecule has 1 saturated carbocycles. The molecule has 2 N–H and O–H groups in total. The van der Waals surface area contributed by atoms with E-state index in [2.05, 4.69) is 15.8 Å². The third kappa shape index (κ3) is 4.70. The lowest BCUT2D eigenvalue weighted by Gasteiger charge is -2.14. The zero-order chi connectivity index (χ0) is 28.2. The summed E-state index contributed by atoms with van der Waals surface area (Å²) < 4.78 is 27.3. The molecule has 6 nitrogen and oxygen atoms in total. The highest BCUT2D eigenvalue weighted by Crippen LogP contribution is 2.51. The molecule has 1 amide bonds. The minimum Gasteiger partial charge on any atom is -0.481 e. The zero-order valence-corrected chi connectivity index (χ0v) is 24.4. The molecule has 0 saturated heterocycles. The summed E-state index contributed by atoms with van der Waals surface area (Å²) in [4.78, 5) is 27.2. The molecule has 0 aliphatic heterocycles. The first kappa shape index (κ1) is 26.6. The van der Waals surface area contributed by atoms with E-state index in [0.29, 0.717) is 24.2 Å². The molecule has 3 heterocycles. The van der Waals surface area contributed by atoms with Gasteiger partial charge in [-0.1, -0.05) is 36.4 Å². The summed E-state index contributed by atoms with van der Waals surface area (Å²) in [5.41, 5.74) is 3.07. The number of amides is 1. The van der Waals surface area contributed by atoms with Gasteiger partial charge in [0.05, 0.1) is 26.6 Å². The highest BCUT2D eigenvalue weighted by atomic mass is 32.1. The third-order valence-electron chi connectivity index (χ3n) is 7.33. The van der Waals surface area contributed by atoms with Crippen LogP contribution in [0.1, 0.15) is 48.3 Å². The van der Waals surface area contributed by atoms with Crippen LogP contribution in [0.2, 0.25) is 0 Å². The van der Waals surface area contributed by atoms with Crippen LogP contribution < -0.4 is 5.32 Å². The Labute approximate surface area is 242 Å². The molecule has 0 spiro atoms. The number of fused-ring (bicyclic) bond motifs is 1. The van der Waals surface area contributed by atoms with Gasteiger partial charge in [-0.3, -0.25) is 10.1 Å². The number of aromatic nitrogens is 1. The lowest BCUT2D eigenvalue weighted by molar-refractivity contribution is -0.140. The molecule has 1 aliphatic rings. The fourth-order valence-electron chi connectivity index (χ4n) is 4.89. The fraction of sp³-hybridized carbons (Fsp3) is 0.233. The van der Waals surface area contributed by atoms with Gasteiger partial charge in [0.1, 0.15) is 11.9 Å². The number of carboxylic acids is 1. The first-order valence-electron chi connectivity index (χ1n) is 12.7. The number of benzene rings is 2. The monoisotopic (exact) mass is 592 g/mol. The van der Waals surface area contributed by atoms with Gasteiger partial charge in [-0.15, -0.1) is 22.7 Å². The van der Waals surface area contributed by atoms with Gasteiger partial charge in [0.2, 0.25) is 0 Å². The van der Waals surface area contributed by atoms with Crippen LogP contribution in [0.4, 0.5) is 14.9 Å². The number of aryl methyl sites for hydroxylation is 2. The number of hydrogen-bond acceptors (Lipinski definition) is 7. The van der Waals surface area contributed by atoms with E-state index in [9.17, 15) is 14.7 Å². The summed E-state index contributed by atoms with van der Waals surface area (Å²) in [6, 6.07) is 16.8. The quantitative estimate of drug-likeness (QED) is 0.197. The fourth-order valence-corrected chi connectivity index (χ4v) is 8.31. The molecular weight excluding hydrogens is 568 g/mol. The number of carbonyl (C=O) groups excluding carboxylic acids is 1. The van der Waals surface area contributed by atoms with Crippen molar-refractivity contribution in [1.29, 1.82) is 0 Å². The van der Waals surface area contributed by atoms with Crippen LogP contribution in [0.15, 0.2) is 54.6 Å². The predicted molar refractivity (Wildman–Crippen MR) is 159 cm³/mol. The van der Waals surface area contributed by atoms with Crippen LogP contribution >= 0.6 is 34.2 Å². The highest BCUT2D eigenvalue weighted by Gasteiger charge is 2.53. The summed E-state index contributed by atoms with van der Waals surface area (Å²) in [5, 5.41) is 12.5. The van der Waals surface area contributed by atoms with Crippen LogP contribution in [0.3, 0.4) is 0 Å². The molecule has 0 unspecified atom stereocenters. The van der Waals surface area contributed by atoms with Gasteiger partial charge in [-0.05, 0) is 80.0 Å². The van der Waals surface area contributed by atoms with Crippen molar-refractivity contribution in [3.63, 3.8) is 0 Å². The SMILES string of the molecule is Cc1cc(C2(C(=O)O)CC2)c(F)cc1-c1cc2sc(-c3snc(C)c3NC(=O)O[C@H](C)c3ccccc3)cc2s1. The van der Waals surface area contributed by atoms with Crippen molar-refractivity contribution in [1.82, 2.24) is 4.37 Å². The average molecular weight is 593 g/mol. The maximum atomic E-state index is 15.1. The lowest BCUT2D eigenvalue weighted by Crippen LogP contribution is -2.21. The number of carboxylic acid groups (broad SMARTS) is 1. The Kier molecular flexibility index (Phi) is 6.72. The van der Waals surface area contributed by atoms with Crippen molar-refractivity contribution in [2.45, 2.75) is 45.1 Å². The van der Waals surface area contributed by atoms with E-state index in [4.69, 9.17) is 4.74 Å². The van der Waals surface area contributed by atoms with Crippen molar-refractivity contribution in [2.24, 2.45) is 0 Å². The van der Waals surface area contributed by atoms with E-state index >= 15 is 4.39 Å². The largest absolute Gasteiger partial charge is 0.481 e. The van der Waals surface area contributed by atoms with Gasteiger partial charge >= 0.3 is 12.1 Å². The Morgan fingerprint density at radius 3 is 2.40 bits per heavy atom. The van der Waals surface area contributed by atoms with Crippen molar-refractivity contribution >= 4 is 61.4 Å². The topological polar surface area (TPSA) is 88.5 Å².